The third kappa shape index (κ3) is 5.94. The van der Waals surface area contributed by atoms with Crippen molar-refractivity contribution >= 4 is 39.6 Å². The quantitative estimate of drug-likeness (QED) is 0.171. The van der Waals surface area contributed by atoms with Gasteiger partial charge in [-0.25, -0.2) is 8.42 Å². The summed E-state index contributed by atoms with van der Waals surface area (Å²) in [6.45, 7) is 3.07. The fraction of sp³-hybridized carbons (Fsp3) is 0.300. The molecule has 0 aliphatic carbocycles. The van der Waals surface area contributed by atoms with E-state index in [9.17, 15) is 22.8 Å². The van der Waals surface area contributed by atoms with Crippen LogP contribution in [0.2, 0.25) is 0 Å². The maximum atomic E-state index is 13.0. The molecule has 1 amide bonds. The van der Waals surface area contributed by atoms with Crippen molar-refractivity contribution in [1.29, 1.82) is 0 Å². The van der Waals surface area contributed by atoms with Crippen LogP contribution in [-0.4, -0.2) is 44.1 Å². The van der Waals surface area contributed by atoms with Crippen molar-refractivity contribution in [2.24, 2.45) is 16.5 Å². The number of aliphatic imine (C=N–C) groups is 1. The summed E-state index contributed by atoms with van der Waals surface area (Å²) in [7, 11) is -4.15. The molecular formula is C20H26N6O5S. The van der Waals surface area contributed by atoms with E-state index >= 15 is 0 Å². The number of aldehydes is 1. The molecule has 12 heteroatoms. The maximum Gasteiger partial charge on any atom is 0.274 e. The number of benzene rings is 1. The number of aryl methyl sites for hydroxylation is 1. The molecule has 1 heterocycles. The van der Waals surface area contributed by atoms with Crippen molar-refractivity contribution in [2.45, 2.75) is 37.6 Å². The van der Waals surface area contributed by atoms with Gasteiger partial charge in [0.25, 0.3) is 15.6 Å². The fourth-order valence-electron chi connectivity index (χ4n) is 3.16. The summed E-state index contributed by atoms with van der Waals surface area (Å²) in [6, 6.07) is 6.64. The number of pyridine rings is 1. The summed E-state index contributed by atoms with van der Waals surface area (Å²) in [5.41, 5.74) is 9.86. The van der Waals surface area contributed by atoms with Crippen LogP contribution >= 0.6 is 0 Å². The molecule has 0 saturated carbocycles. The number of guanidine groups is 1. The number of carbonyl (C=O) groups is 2. The van der Waals surface area contributed by atoms with E-state index in [1.54, 1.807) is 25.1 Å². The molecule has 172 valence electrons. The number of rotatable bonds is 10. The van der Waals surface area contributed by atoms with E-state index in [-0.39, 0.29) is 35.2 Å². The van der Waals surface area contributed by atoms with Gasteiger partial charge in [0.05, 0.1) is 16.6 Å². The minimum atomic E-state index is -4.15. The van der Waals surface area contributed by atoms with Gasteiger partial charge in [-0.1, -0.05) is 18.2 Å². The summed E-state index contributed by atoms with van der Waals surface area (Å²) < 4.78 is 28.2. The van der Waals surface area contributed by atoms with Gasteiger partial charge in [0.2, 0.25) is 5.91 Å². The second-order valence-corrected chi connectivity index (χ2v) is 8.63. The molecule has 0 spiro atoms. The maximum absolute atomic E-state index is 13.0. The van der Waals surface area contributed by atoms with Crippen molar-refractivity contribution in [3.63, 3.8) is 0 Å². The van der Waals surface area contributed by atoms with E-state index in [4.69, 9.17) is 11.5 Å². The number of anilines is 2. The van der Waals surface area contributed by atoms with Crippen molar-refractivity contribution in [3.05, 3.63) is 52.4 Å². The van der Waals surface area contributed by atoms with Crippen LogP contribution in [-0.2, 0) is 19.6 Å². The lowest BCUT2D eigenvalue weighted by atomic mass is 10.1. The third-order valence-corrected chi connectivity index (χ3v) is 6.11. The lowest BCUT2D eigenvalue weighted by Crippen LogP contribution is -2.41. The van der Waals surface area contributed by atoms with E-state index in [0.717, 1.165) is 4.90 Å². The average molecular weight is 463 g/mol. The minimum Gasteiger partial charge on any atom is -0.370 e. The van der Waals surface area contributed by atoms with Crippen LogP contribution in [0, 0.1) is 6.92 Å². The Morgan fingerprint density at radius 2 is 1.97 bits per heavy atom. The first-order valence-corrected chi connectivity index (χ1v) is 11.2. The number of amides is 1. The lowest BCUT2D eigenvalue weighted by Gasteiger charge is -2.28. The molecule has 0 saturated heterocycles. The number of nitrogens with one attached hydrogen (secondary N) is 2. The number of aromatic amines is 1. The molecule has 1 atom stereocenters. The van der Waals surface area contributed by atoms with Crippen LogP contribution in [0.1, 0.15) is 25.3 Å². The smallest absolute Gasteiger partial charge is 0.274 e. The number of hydrogen-bond acceptors (Lipinski definition) is 6. The Labute approximate surface area is 185 Å². The Hall–Kier alpha value is -3.67. The van der Waals surface area contributed by atoms with Gasteiger partial charge in [-0.3, -0.25) is 19.3 Å². The molecule has 0 aliphatic rings. The Morgan fingerprint density at radius 3 is 2.56 bits per heavy atom. The van der Waals surface area contributed by atoms with Gasteiger partial charge in [-0.2, -0.15) is 0 Å². The SMILES string of the molecule is CC(=O)N(c1cc[nH]c(=O)c1NS(=O)(=O)c1ccccc1C)[C@H](C=O)CCCN=C(N)N. The number of nitrogens with two attached hydrogens (primary N) is 2. The standard InChI is InChI=1S/C20H26N6O5S/c1-13-6-3-4-8-17(13)32(30,31)25-18-16(9-11-23-19(18)29)26(14(2)28)15(12-27)7-5-10-24-20(21)22/h3-4,6,8-9,11-12,15,25H,5,7,10H2,1-2H3,(H,23,29)(H4,21,22,24)/t15-/m0/s1. The van der Waals surface area contributed by atoms with E-state index in [1.807, 2.05) is 0 Å². The third-order valence-electron chi connectivity index (χ3n) is 4.60. The first-order valence-electron chi connectivity index (χ1n) is 9.69. The average Bonchev–Trinajstić information content (AvgIpc) is 2.72. The van der Waals surface area contributed by atoms with Gasteiger partial charge in [0.15, 0.2) is 5.96 Å². The van der Waals surface area contributed by atoms with Crippen LogP contribution in [0.4, 0.5) is 11.4 Å². The number of sulfonamides is 1. The summed E-state index contributed by atoms with van der Waals surface area (Å²) in [5.74, 6) is -0.649. The normalized spacial score (nSPS) is 11.9. The number of nitrogens with zero attached hydrogens (tertiary/aromatic N) is 2. The minimum absolute atomic E-state index is 0.0206. The van der Waals surface area contributed by atoms with Crippen molar-refractivity contribution in [2.75, 3.05) is 16.2 Å². The molecule has 2 rings (SSSR count). The van der Waals surface area contributed by atoms with Crippen LogP contribution in [0.5, 0.6) is 0 Å². The molecule has 0 bridgehead atoms. The van der Waals surface area contributed by atoms with E-state index in [0.29, 0.717) is 18.3 Å². The van der Waals surface area contributed by atoms with Crippen molar-refractivity contribution in [3.8, 4) is 0 Å². The molecule has 0 radical (unpaired) electrons. The molecule has 2 aromatic rings. The Morgan fingerprint density at radius 1 is 1.28 bits per heavy atom. The molecule has 1 aromatic carbocycles. The van der Waals surface area contributed by atoms with Crippen LogP contribution in [0.3, 0.4) is 0 Å². The highest BCUT2D eigenvalue weighted by atomic mass is 32.2. The van der Waals surface area contributed by atoms with Crippen LogP contribution in [0.25, 0.3) is 0 Å². The molecule has 6 N–H and O–H groups in total. The molecule has 0 unspecified atom stereocenters. The molecule has 32 heavy (non-hydrogen) atoms. The summed E-state index contributed by atoms with van der Waals surface area (Å²) in [4.78, 5) is 44.1. The summed E-state index contributed by atoms with van der Waals surface area (Å²) in [6.07, 6.45) is 2.38. The fourth-order valence-corrected chi connectivity index (χ4v) is 4.49. The second kappa shape index (κ2) is 10.6. The highest BCUT2D eigenvalue weighted by Gasteiger charge is 2.28. The Bertz CT molecular complexity index is 1170. The zero-order valence-corrected chi connectivity index (χ0v) is 18.6. The van der Waals surface area contributed by atoms with E-state index in [2.05, 4.69) is 14.7 Å². The van der Waals surface area contributed by atoms with E-state index < -0.39 is 27.5 Å². The molecule has 11 nitrogen and oxygen atoms in total. The highest BCUT2D eigenvalue weighted by Crippen LogP contribution is 2.28. The van der Waals surface area contributed by atoms with E-state index in [1.165, 1.54) is 25.3 Å². The van der Waals surface area contributed by atoms with Gasteiger partial charge in [-0.15, -0.1) is 0 Å². The lowest BCUT2D eigenvalue weighted by molar-refractivity contribution is -0.119. The zero-order valence-electron chi connectivity index (χ0n) is 17.7. The second-order valence-electron chi connectivity index (χ2n) is 6.98. The first-order chi connectivity index (χ1) is 15.1. The van der Waals surface area contributed by atoms with Gasteiger partial charge < -0.3 is 26.1 Å². The molecule has 1 aromatic heterocycles. The predicted octanol–water partition coefficient (Wildman–Crippen LogP) is 0.458. The monoisotopic (exact) mass is 462 g/mol. The molecule has 0 aliphatic heterocycles. The molecule has 0 fully saturated rings. The van der Waals surface area contributed by atoms with Gasteiger partial charge in [0, 0.05) is 19.7 Å². The number of hydrogen-bond donors (Lipinski definition) is 4. The van der Waals surface area contributed by atoms with Gasteiger partial charge in [0.1, 0.15) is 12.0 Å². The molecular weight excluding hydrogens is 436 g/mol. The first kappa shape index (κ1) is 24.6. The highest BCUT2D eigenvalue weighted by molar-refractivity contribution is 7.92. The Kier molecular flexibility index (Phi) is 8.13. The number of H-pyrrole nitrogens is 1. The van der Waals surface area contributed by atoms with Crippen LogP contribution in [0.15, 0.2) is 51.2 Å². The Balaban J connectivity index is 2.47. The largest absolute Gasteiger partial charge is 0.370 e. The van der Waals surface area contributed by atoms with Gasteiger partial charge >= 0.3 is 0 Å². The zero-order chi connectivity index (χ0) is 23.9. The summed E-state index contributed by atoms with van der Waals surface area (Å²) in [5, 5.41) is 0. The topological polar surface area (TPSA) is 181 Å². The van der Waals surface area contributed by atoms with Crippen molar-refractivity contribution < 1.29 is 18.0 Å². The number of aromatic nitrogens is 1. The number of carbonyl (C=O) groups excluding carboxylic acids is 2. The van der Waals surface area contributed by atoms with Crippen LogP contribution < -0.4 is 26.6 Å². The predicted molar refractivity (Wildman–Crippen MR) is 122 cm³/mol. The van der Waals surface area contributed by atoms with Gasteiger partial charge in [-0.05, 0) is 37.5 Å². The summed E-state index contributed by atoms with van der Waals surface area (Å²) >= 11 is 0. The van der Waals surface area contributed by atoms with Crippen molar-refractivity contribution in [1.82, 2.24) is 4.98 Å².